The molecule has 7 rings (SSSR count). The number of hydrogen-bond donors (Lipinski definition) is 1. The Bertz CT molecular complexity index is 1780. The van der Waals surface area contributed by atoms with Gasteiger partial charge in [0.15, 0.2) is 0 Å². The average Bonchev–Trinajstić information content (AvgIpc) is 3.56. The molecule has 50 heavy (non-hydrogen) atoms. The summed E-state index contributed by atoms with van der Waals surface area (Å²) in [6, 6.07) is 10.8. The van der Waals surface area contributed by atoms with Gasteiger partial charge in [0, 0.05) is 43.1 Å². The number of benzene rings is 2. The number of anilines is 1. The van der Waals surface area contributed by atoms with E-state index >= 15 is 0 Å². The maximum absolute atomic E-state index is 13.6. The van der Waals surface area contributed by atoms with Crippen molar-refractivity contribution in [1.29, 1.82) is 0 Å². The summed E-state index contributed by atoms with van der Waals surface area (Å²) in [4.78, 5) is 30.6. The molecule has 0 radical (unpaired) electrons. The lowest BCUT2D eigenvalue weighted by atomic mass is 9.68. The third-order valence-corrected chi connectivity index (χ3v) is 12.9. The lowest BCUT2D eigenvalue weighted by Crippen LogP contribution is -2.50. The Morgan fingerprint density at radius 2 is 1.98 bits per heavy atom. The van der Waals surface area contributed by atoms with Crippen LogP contribution in [0.4, 0.5) is 10.5 Å². The summed E-state index contributed by atoms with van der Waals surface area (Å²) >= 11 is 6.44. The number of sulfonamides is 1. The van der Waals surface area contributed by atoms with Crippen molar-refractivity contribution in [3.05, 3.63) is 64.7 Å². The maximum Gasteiger partial charge on any atom is 0.410 e. The minimum absolute atomic E-state index is 0.0144. The van der Waals surface area contributed by atoms with Crippen molar-refractivity contribution in [2.75, 3.05) is 51.5 Å². The van der Waals surface area contributed by atoms with E-state index in [1.54, 1.807) is 30.2 Å². The number of ether oxygens (including phenoxy) is 4. The van der Waals surface area contributed by atoms with Crippen molar-refractivity contribution < 1.29 is 37.0 Å². The standard InChI is InChI=1S/C37H46ClN3O8S/c1-36(2)34(42)39-50(44,45)28-10-13-33-31(19-28)41(22-37(23-47-33)15-4-6-24-18-26(38)9-12-30(24)37)20-25-8-11-29(25)32(7-5-16-48-36)49-35(43)40(3)27-14-17-46-21-27/h5,7,9-10,12-13,18-19,25,27,29,32H,4,6,8,11,14-17,20-23H2,1-3H3,(H,39,42)/b7-5+/t25-,27-,29+,32-,37-/m0/s1. The molecule has 5 aliphatic rings. The highest BCUT2D eigenvalue weighted by atomic mass is 35.5. The fourth-order valence-electron chi connectivity index (χ4n) is 8.06. The predicted octanol–water partition coefficient (Wildman–Crippen LogP) is 5.24. The van der Waals surface area contributed by atoms with Gasteiger partial charge in [-0.05, 0) is 106 Å². The molecule has 2 aromatic carbocycles. The molecule has 1 saturated heterocycles. The van der Waals surface area contributed by atoms with Gasteiger partial charge >= 0.3 is 6.09 Å². The summed E-state index contributed by atoms with van der Waals surface area (Å²) < 4.78 is 53.7. The van der Waals surface area contributed by atoms with Crippen LogP contribution in [0.2, 0.25) is 5.02 Å². The third kappa shape index (κ3) is 6.83. The average molecular weight is 728 g/mol. The summed E-state index contributed by atoms with van der Waals surface area (Å²) in [5, 5.41) is 0.700. The van der Waals surface area contributed by atoms with E-state index in [1.165, 1.54) is 31.0 Å². The SMILES string of the molecule is CN(C(=O)O[C@H]1/C=C/COC(C)(C)C(=O)NS(=O)(=O)c2ccc3c(c2)N(C[C@@H]2CC[C@H]21)C[C@@]1(CCCc2cc(Cl)ccc21)CO3)[C@H]1CCOC1. The third-order valence-electron chi connectivity index (χ3n) is 11.3. The van der Waals surface area contributed by atoms with Crippen molar-refractivity contribution >= 4 is 39.3 Å². The molecule has 2 amide bonds. The van der Waals surface area contributed by atoms with Crippen LogP contribution in [0.1, 0.15) is 57.1 Å². The van der Waals surface area contributed by atoms with Crippen LogP contribution in [0.15, 0.2) is 53.4 Å². The minimum atomic E-state index is -4.24. The molecule has 1 saturated carbocycles. The number of nitrogens with one attached hydrogen (secondary N) is 1. The van der Waals surface area contributed by atoms with Crippen LogP contribution in [-0.4, -0.2) is 89.6 Å². The zero-order valence-electron chi connectivity index (χ0n) is 28.9. The van der Waals surface area contributed by atoms with Crippen molar-refractivity contribution in [2.24, 2.45) is 11.8 Å². The number of rotatable bonds is 2. The molecule has 5 atom stereocenters. The van der Waals surface area contributed by atoms with Crippen molar-refractivity contribution in [3.8, 4) is 5.75 Å². The Kier molecular flexibility index (Phi) is 9.59. The Morgan fingerprint density at radius 1 is 1.14 bits per heavy atom. The summed E-state index contributed by atoms with van der Waals surface area (Å²) in [5.74, 6) is -0.0586. The van der Waals surface area contributed by atoms with Crippen molar-refractivity contribution in [3.63, 3.8) is 0 Å². The summed E-state index contributed by atoms with van der Waals surface area (Å²) in [6.45, 7) is 5.77. The number of amides is 2. The number of halogens is 1. The van der Waals surface area contributed by atoms with Crippen LogP contribution in [0.25, 0.3) is 0 Å². The molecule has 2 bridgehead atoms. The number of fused-ring (bicyclic) bond motifs is 4. The largest absolute Gasteiger partial charge is 0.490 e. The topological polar surface area (TPSA) is 124 Å². The Morgan fingerprint density at radius 3 is 2.74 bits per heavy atom. The normalized spacial score (nSPS) is 30.8. The van der Waals surface area contributed by atoms with Crippen LogP contribution in [0.5, 0.6) is 5.75 Å². The van der Waals surface area contributed by atoms with Crippen LogP contribution >= 0.6 is 11.6 Å². The molecule has 1 N–H and O–H groups in total. The maximum atomic E-state index is 13.6. The molecule has 3 aliphatic heterocycles. The quantitative estimate of drug-likeness (QED) is 0.414. The monoisotopic (exact) mass is 727 g/mol. The molecule has 2 aliphatic carbocycles. The fraction of sp³-hybridized carbons (Fsp3) is 0.568. The van der Waals surface area contributed by atoms with Gasteiger partial charge in [0.2, 0.25) is 0 Å². The zero-order chi connectivity index (χ0) is 35.3. The molecule has 2 fully saturated rings. The Hall–Kier alpha value is -3.32. The van der Waals surface area contributed by atoms with Crippen LogP contribution in [0, 0.1) is 11.8 Å². The van der Waals surface area contributed by atoms with Crippen LogP contribution in [0.3, 0.4) is 0 Å². The van der Waals surface area contributed by atoms with E-state index in [2.05, 4.69) is 15.7 Å². The van der Waals surface area contributed by atoms with E-state index in [0.717, 1.165) is 38.5 Å². The number of hydrogen-bond acceptors (Lipinski definition) is 9. The van der Waals surface area contributed by atoms with Gasteiger partial charge in [-0.1, -0.05) is 23.7 Å². The first-order valence-electron chi connectivity index (χ1n) is 17.5. The van der Waals surface area contributed by atoms with Gasteiger partial charge in [-0.25, -0.2) is 17.9 Å². The Balaban J connectivity index is 1.27. The molecule has 0 unspecified atom stereocenters. The lowest BCUT2D eigenvalue weighted by Gasteiger charge is -2.46. The molecule has 11 nitrogen and oxygen atoms in total. The van der Waals surface area contributed by atoms with Crippen molar-refractivity contribution in [2.45, 2.75) is 80.4 Å². The molecule has 1 spiro atoms. The van der Waals surface area contributed by atoms with Gasteiger partial charge in [-0.15, -0.1) is 0 Å². The Labute approximate surface area is 299 Å². The fourth-order valence-corrected chi connectivity index (χ4v) is 9.38. The predicted molar refractivity (Wildman–Crippen MR) is 188 cm³/mol. The highest BCUT2D eigenvalue weighted by Gasteiger charge is 2.45. The lowest BCUT2D eigenvalue weighted by molar-refractivity contribution is -0.139. The highest BCUT2D eigenvalue weighted by molar-refractivity contribution is 7.90. The van der Waals surface area contributed by atoms with E-state index in [9.17, 15) is 18.0 Å². The first-order chi connectivity index (χ1) is 23.8. The second-order valence-corrected chi connectivity index (χ2v) is 17.0. The molecule has 270 valence electrons. The smallest absolute Gasteiger partial charge is 0.410 e. The molecule has 3 heterocycles. The van der Waals surface area contributed by atoms with E-state index in [0.29, 0.717) is 49.4 Å². The van der Waals surface area contributed by atoms with Gasteiger partial charge in [0.25, 0.3) is 15.9 Å². The van der Waals surface area contributed by atoms with E-state index in [4.69, 9.17) is 30.5 Å². The number of aryl methyl sites for hydroxylation is 1. The highest BCUT2D eigenvalue weighted by Crippen LogP contribution is 2.47. The number of likely N-dealkylation sites (N-methyl/N-ethyl adjacent to an activating group) is 1. The second-order valence-electron chi connectivity index (χ2n) is 14.9. The zero-order valence-corrected chi connectivity index (χ0v) is 30.4. The van der Waals surface area contributed by atoms with Crippen molar-refractivity contribution in [1.82, 2.24) is 9.62 Å². The molecular weight excluding hydrogens is 682 g/mol. The summed E-state index contributed by atoms with van der Waals surface area (Å²) in [5.41, 5.74) is 1.24. The second kappa shape index (κ2) is 13.7. The minimum Gasteiger partial charge on any atom is -0.490 e. The van der Waals surface area contributed by atoms with E-state index < -0.39 is 33.7 Å². The van der Waals surface area contributed by atoms with Gasteiger partial charge in [-0.3, -0.25) is 4.79 Å². The van der Waals surface area contributed by atoms with Gasteiger partial charge in [-0.2, -0.15) is 0 Å². The number of carbonyl (C=O) groups excluding carboxylic acids is 2. The molecular formula is C37H46ClN3O8S. The molecule has 2 aromatic rings. The van der Waals surface area contributed by atoms with E-state index in [1.807, 2.05) is 18.2 Å². The first kappa shape index (κ1) is 35.1. The first-order valence-corrected chi connectivity index (χ1v) is 19.4. The molecule has 0 aromatic heterocycles. The van der Waals surface area contributed by atoms with Crippen LogP contribution in [-0.2, 0) is 40.9 Å². The summed E-state index contributed by atoms with van der Waals surface area (Å²) in [7, 11) is -2.50. The van der Waals surface area contributed by atoms with Gasteiger partial charge < -0.3 is 28.7 Å². The van der Waals surface area contributed by atoms with Crippen LogP contribution < -0.4 is 14.4 Å². The van der Waals surface area contributed by atoms with E-state index in [-0.39, 0.29) is 34.8 Å². The summed E-state index contributed by atoms with van der Waals surface area (Å²) in [6.07, 6.45) is 8.00. The van der Waals surface area contributed by atoms with Gasteiger partial charge in [0.05, 0.1) is 36.4 Å². The molecule has 13 heteroatoms. The number of carbonyl (C=O) groups is 2. The van der Waals surface area contributed by atoms with Gasteiger partial charge in [0.1, 0.15) is 17.5 Å². The number of nitrogens with zero attached hydrogens (tertiary/aromatic N) is 2.